The predicted octanol–water partition coefficient (Wildman–Crippen LogP) is 7.33. The Morgan fingerprint density at radius 2 is 1.54 bits per heavy atom. The van der Waals surface area contributed by atoms with Crippen LogP contribution in [-0.2, 0) is 4.74 Å². The molecule has 1 heterocycles. The molecule has 1 saturated heterocycles. The molecule has 0 N–H and O–H groups in total. The predicted molar refractivity (Wildman–Crippen MR) is 104 cm³/mol. The Morgan fingerprint density at radius 3 is 2.11 bits per heavy atom. The molecule has 0 spiro atoms. The van der Waals surface area contributed by atoms with E-state index in [2.05, 4.69) is 6.92 Å². The second kappa shape index (κ2) is 8.89. The van der Waals surface area contributed by atoms with Crippen LogP contribution in [0.3, 0.4) is 0 Å². The lowest BCUT2D eigenvalue weighted by atomic mass is 9.69. The van der Waals surface area contributed by atoms with Crippen LogP contribution in [0.2, 0.25) is 0 Å². The van der Waals surface area contributed by atoms with Gasteiger partial charge in [0.1, 0.15) is 0 Å². The molecule has 0 bridgehead atoms. The van der Waals surface area contributed by atoms with Crippen molar-refractivity contribution >= 4 is 0 Å². The van der Waals surface area contributed by atoms with Crippen molar-refractivity contribution in [1.29, 1.82) is 0 Å². The van der Waals surface area contributed by atoms with E-state index in [4.69, 9.17) is 4.74 Å². The van der Waals surface area contributed by atoms with E-state index in [0.717, 1.165) is 45.1 Å². The minimum atomic E-state index is -4.06. The fourth-order valence-electron chi connectivity index (χ4n) is 5.33. The van der Waals surface area contributed by atoms with E-state index in [1.165, 1.54) is 12.2 Å². The average Bonchev–Trinajstić information content (AvgIpc) is 2.67. The van der Waals surface area contributed by atoms with Crippen LogP contribution >= 0.6 is 0 Å². The van der Waals surface area contributed by atoms with Gasteiger partial charge in [-0.05, 0) is 69.1 Å². The van der Waals surface area contributed by atoms with Gasteiger partial charge in [-0.3, -0.25) is 0 Å². The van der Waals surface area contributed by atoms with Crippen molar-refractivity contribution in [3.8, 4) is 0 Å². The van der Waals surface area contributed by atoms with Crippen molar-refractivity contribution in [2.45, 2.75) is 96.0 Å². The van der Waals surface area contributed by atoms with E-state index in [-0.39, 0.29) is 12.0 Å². The van der Waals surface area contributed by atoms with Crippen LogP contribution < -0.4 is 0 Å². The fourth-order valence-corrected chi connectivity index (χ4v) is 5.33. The molecule has 0 aromatic carbocycles. The largest absolute Gasteiger partial charge is 0.378 e. The zero-order valence-electron chi connectivity index (χ0n) is 17.2. The Labute approximate surface area is 166 Å². The number of halogens is 4. The maximum atomic E-state index is 14.7. The summed E-state index contributed by atoms with van der Waals surface area (Å²) in [5.74, 6) is -7.59. The Hall–Kier alpha value is -0.840. The van der Waals surface area contributed by atoms with Crippen LogP contribution in [0.1, 0.15) is 78.1 Å². The molecular formula is C23H34F4O. The van der Waals surface area contributed by atoms with Crippen molar-refractivity contribution < 1.29 is 22.3 Å². The highest BCUT2D eigenvalue weighted by Gasteiger charge is 2.62. The van der Waals surface area contributed by atoms with E-state index in [0.29, 0.717) is 37.2 Å². The number of hydrogen-bond acceptors (Lipinski definition) is 1. The lowest BCUT2D eigenvalue weighted by Gasteiger charge is -2.41. The van der Waals surface area contributed by atoms with E-state index in [9.17, 15) is 17.6 Å². The van der Waals surface area contributed by atoms with E-state index < -0.39 is 23.3 Å². The number of hydrogen-bond donors (Lipinski definition) is 0. The molecule has 2 unspecified atom stereocenters. The molecule has 160 valence electrons. The van der Waals surface area contributed by atoms with Crippen molar-refractivity contribution in [2.75, 3.05) is 6.61 Å². The third-order valence-electron chi connectivity index (χ3n) is 7.04. The van der Waals surface area contributed by atoms with Crippen LogP contribution in [0, 0.1) is 17.8 Å². The zero-order valence-corrected chi connectivity index (χ0v) is 17.2. The maximum absolute atomic E-state index is 14.7. The second-order valence-electron chi connectivity index (χ2n) is 8.91. The molecule has 1 aliphatic heterocycles. The standard InChI is InChI=1S/C23H34F4O/c1-3-5-19-12-14-21(23(26,27)22(19,24)25)17-9-7-16(8-10-17)18-11-13-20(6-4-2)28-15-18/h12,14,16-18,20H,3-11,13,15H2,1-2H3. The number of ether oxygens (including phenoxy) is 1. The Kier molecular flexibility index (Phi) is 6.94. The van der Waals surface area contributed by atoms with Gasteiger partial charge < -0.3 is 4.74 Å². The van der Waals surface area contributed by atoms with Crippen molar-refractivity contribution in [3.63, 3.8) is 0 Å². The molecule has 3 rings (SSSR count). The van der Waals surface area contributed by atoms with E-state index >= 15 is 0 Å². The Bertz CT molecular complexity index is 579. The molecule has 1 nitrogen and oxygen atoms in total. The highest BCUT2D eigenvalue weighted by atomic mass is 19.3. The van der Waals surface area contributed by atoms with Crippen LogP contribution in [0.5, 0.6) is 0 Å². The summed E-state index contributed by atoms with van der Waals surface area (Å²) in [6, 6.07) is 0. The number of alkyl halides is 4. The minimum Gasteiger partial charge on any atom is -0.378 e. The van der Waals surface area contributed by atoms with Gasteiger partial charge in [-0.15, -0.1) is 0 Å². The normalized spacial score (nSPS) is 35.2. The first kappa shape index (κ1) is 21.9. The third kappa shape index (κ3) is 4.20. The molecule has 0 aromatic heterocycles. The van der Waals surface area contributed by atoms with Crippen LogP contribution in [-0.4, -0.2) is 24.6 Å². The Morgan fingerprint density at radius 1 is 0.857 bits per heavy atom. The van der Waals surface area contributed by atoms with Gasteiger partial charge in [0.05, 0.1) is 12.7 Å². The summed E-state index contributed by atoms with van der Waals surface area (Å²) < 4.78 is 64.2. The number of allylic oxidation sites excluding steroid dienone is 4. The molecule has 28 heavy (non-hydrogen) atoms. The molecule has 2 aliphatic carbocycles. The smallest absolute Gasteiger partial charge is 0.336 e. The van der Waals surface area contributed by atoms with Crippen LogP contribution in [0.4, 0.5) is 17.6 Å². The maximum Gasteiger partial charge on any atom is 0.336 e. The molecule has 0 amide bonds. The summed E-state index contributed by atoms with van der Waals surface area (Å²) in [7, 11) is 0. The molecular weight excluding hydrogens is 368 g/mol. The summed E-state index contributed by atoms with van der Waals surface area (Å²) in [6.07, 6.45) is 10.7. The summed E-state index contributed by atoms with van der Waals surface area (Å²) in [6.45, 7) is 4.66. The van der Waals surface area contributed by atoms with Crippen LogP contribution in [0.25, 0.3) is 0 Å². The second-order valence-corrected chi connectivity index (χ2v) is 8.91. The highest BCUT2D eigenvalue weighted by Crippen LogP contribution is 2.53. The highest BCUT2D eigenvalue weighted by molar-refractivity contribution is 5.39. The summed E-state index contributed by atoms with van der Waals surface area (Å²) >= 11 is 0. The quantitative estimate of drug-likeness (QED) is 0.423. The summed E-state index contributed by atoms with van der Waals surface area (Å²) in [4.78, 5) is 0. The topological polar surface area (TPSA) is 9.23 Å². The molecule has 2 fully saturated rings. The summed E-state index contributed by atoms with van der Waals surface area (Å²) in [5, 5.41) is 0. The molecule has 3 aliphatic rings. The first-order valence-corrected chi connectivity index (χ1v) is 11.1. The molecule has 0 aromatic rings. The monoisotopic (exact) mass is 402 g/mol. The van der Waals surface area contributed by atoms with Crippen molar-refractivity contribution in [3.05, 3.63) is 23.3 Å². The SMILES string of the molecule is CCCC1=CC=C(C2CCC(C3CCC(CCC)OC3)CC2)C(F)(F)C1(F)F. The first-order valence-electron chi connectivity index (χ1n) is 11.1. The molecule has 1 saturated carbocycles. The minimum absolute atomic E-state index is 0.0137. The van der Waals surface area contributed by atoms with E-state index in [1.54, 1.807) is 6.92 Å². The Balaban J connectivity index is 1.60. The average molecular weight is 403 g/mol. The molecule has 0 radical (unpaired) electrons. The lowest BCUT2D eigenvalue weighted by Crippen LogP contribution is -2.47. The fraction of sp³-hybridized carbons (Fsp3) is 0.826. The zero-order chi connectivity index (χ0) is 20.4. The lowest BCUT2D eigenvalue weighted by molar-refractivity contribution is -0.169. The van der Waals surface area contributed by atoms with Gasteiger partial charge in [0.15, 0.2) is 0 Å². The number of rotatable bonds is 6. The van der Waals surface area contributed by atoms with Gasteiger partial charge in [0, 0.05) is 11.1 Å². The van der Waals surface area contributed by atoms with Gasteiger partial charge in [0.2, 0.25) is 0 Å². The van der Waals surface area contributed by atoms with Crippen molar-refractivity contribution in [2.24, 2.45) is 17.8 Å². The van der Waals surface area contributed by atoms with Gasteiger partial charge in [-0.1, -0.05) is 38.8 Å². The third-order valence-corrected chi connectivity index (χ3v) is 7.04. The molecule has 5 heteroatoms. The first-order chi connectivity index (χ1) is 13.3. The van der Waals surface area contributed by atoms with Gasteiger partial charge in [-0.2, -0.15) is 17.6 Å². The van der Waals surface area contributed by atoms with Crippen molar-refractivity contribution in [1.82, 2.24) is 0 Å². The van der Waals surface area contributed by atoms with Crippen LogP contribution in [0.15, 0.2) is 23.3 Å². The van der Waals surface area contributed by atoms with Gasteiger partial charge in [0.25, 0.3) is 0 Å². The van der Waals surface area contributed by atoms with E-state index in [1.807, 2.05) is 0 Å². The summed E-state index contributed by atoms with van der Waals surface area (Å²) in [5.41, 5.74) is -0.780. The van der Waals surface area contributed by atoms with Gasteiger partial charge in [-0.25, -0.2) is 0 Å². The molecule has 2 atom stereocenters. The van der Waals surface area contributed by atoms with Gasteiger partial charge >= 0.3 is 11.8 Å².